The van der Waals surface area contributed by atoms with Crippen molar-refractivity contribution >= 4 is 11.3 Å². The van der Waals surface area contributed by atoms with Gasteiger partial charge in [0, 0.05) is 23.5 Å². The van der Waals surface area contributed by atoms with Crippen LogP contribution < -0.4 is 11.3 Å². The predicted molar refractivity (Wildman–Crippen MR) is 78.9 cm³/mol. The summed E-state index contributed by atoms with van der Waals surface area (Å²) < 4.78 is 0. The number of hydrogen-bond acceptors (Lipinski definition) is 4. The van der Waals surface area contributed by atoms with Crippen molar-refractivity contribution in [3.8, 4) is 0 Å². The molecule has 3 nitrogen and oxygen atoms in total. The number of rotatable bonds is 4. The number of nitrogens with zero attached hydrogens (tertiary/aromatic N) is 1. The number of aromatic nitrogens is 1. The Kier molecular flexibility index (Phi) is 3.92. The van der Waals surface area contributed by atoms with E-state index >= 15 is 0 Å². The molecule has 100 valence electrons. The number of hydrogen-bond donors (Lipinski definition) is 2. The molecule has 0 aliphatic heterocycles. The van der Waals surface area contributed by atoms with Gasteiger partial charge in [0.1, 0.15) is 0 Å². The summed E-state index contributed by atoms with van der Waals surface area (Å²) in [4.78, 5) is 5.45. The Hall–Kier alpha value is -1.23. The van der Waals surface area contributed by atoms with Crippen LogP contribution in [0.4, 0.5) is 0 Å². The summed E-state index contributed by atoms with van der Waals surface area (Å²) in [5, 5.41) is 0. The van der Waals surface area contributed by atoms with Crippen LogP contribution in [0.5, 0.6) is 0 Å². The van der Waals surface area contributed by atoms with Gasteiger partial charge in [-0.15, -0.1) is 11.3 Å². The normalized spacial score (nSPS) is 19.9. The fourth-order valence-corrected chi connectivity index (χ4v) is 3.65. The van der Waals surface area contributed by atoms with Crippen LogP contribution in [0.3, 0.4) is 0 Å². The zero-order valence-electron chi connectivity index (χ0n) is 10.9. The van der Waals surface area contributed by atoms with E-state index in [1.807, 2.05) is 11.7 Å². The van der Waals surface area contributed by atoms with Crippen LogP contribution >= 0.6 is 11.3 Å². The Labute approximate surface area is 117 Å². The van der Waals surface area contributed by atoms with Crippen molar-refractivity contribution in [1.82, 2.24) is 10.4 Å². The minimum Gasteiger partial charge on any atom is -0.271 e. The molecule has 1 aliphatic rings. The van der Waals surface area contributed by atoms with Gasteiger partial charge in [0.05, 0.1) is 5.51 Å². The first-order valence-electron chi connectivity index (χ1n) is 6.77. The molecule has 0 radical (unpaired) electrons. The van der Waals surface area contributed by atoms with E-state index in [2.05, 4.69) is 34.7 Å². The molecule has 2 unspecified atom stereocenters. The monoisotopic (exact) mass is 273 g/mol. The third kappa shape index (κ3) is 2.86. The Morgan fingerprint density at radius 1 is 1.37 bits per heavy atom. The number of hydrazine groups is 1. The minimum absolute atomic E-state index is 0.341. The van der Waals surface area contributed by atoms with Crippen LogP contribution in [0.1, 0.15) is 22.4 Å². The fraction of sp³-hybridized carbons (Fsp3) is 0.400. The molecule has 0 fully saturated rings. The van der Waals surface area contributed by atoms with Crippen LogP contribution in [0.15, 0.2) is 36.0 Å². The molecule has 19 heavy (non-hydrogen) atoms. The molecule has 2 atom stereocenters. The van der Waals surface area contributed by atoms with Gasteiger partial charge in [-0.25, -0.2) is 0 Å². The van der Waals surface area contributed by atoms with Crippen LogP contribution in [-0.4, -0.2) is 11.0 Å². The average Bonchev–Trinajstić information content (AvgIpc) is 2.97. The Morgan fingerprint density at radius 2 is 2.21 bits per heavy atom. The van der Waals surface area contributed by atoms with Gasteiger partial charge in [-0.3, -0.25) is 16.3 Å². The van der Waals surface area contributed by atoms with Crippen LogP contribution in [0, 0.1) is 5.92 Å². The van der Waals surface area contributed by atoms with E-state index in [1.165, 1.54) is 28.8 Å². The lowest BCUT2D eigenvalue weighted by atomic mass is 9.79. The highest BCUT2D eigenvalue weighted by Gasteiger charge is 2.25. The second kappa shape index (κ2) is 5.82. The molecule has 0 amide bonds. The molecule has 1 heterocycles. The maximum absolute atomic E-state index is 5.77. The molecule has 0 spiro atoms. The summed E-state index contributed by atoms with van der Waals surface area (Å²) in [5.74, 6) is 6.39. The van der Waals surface area contributed by atoms with Gasteiger partial charge in [-0.1, -0.05) is 24.3 Å². The van der Waals surface area contributed by atoms with E-state index in [0.717, 1.165) is 12.8 Å². The van der Waals surface area contributed by atoms with E-state index in [9.17, 15) is 0 Å². The molecular formula is C15H19N3S. The van der Waals surface area contributed by atoms with Crippen LogP contribution in [0.2, 0.25) is 0 Å². The first-order valence-corrected chi connectivity index (χ1v) is 7.65. The van der Waals surface area contributed by atoms with Crippen molar-refractivity contribution in [2.45, 2.75) is 31.7 Å². The van der Waals surface area contributed by atoms with Gasteiger partial charge in [-0.2, -0.15) is 0 Å². The number of nitrogens with one attached hydrogen (secondary N) is 1. The van der Waals surface area contributed by atoms with Crippen molar-refractivity contribution < 1.29 is 0 Å². The van der Waals surface area contributed by atoms with Crippen molar-refractivity contribution in [1.29, 1.82) is 0 Å². The first kappa shape index (κ1) is 12.8. The summed E-state index contributed by atoms with van der Waals surface area (Å²) in [6.07, 6.45) is 6.44. The summed E-state index contributed by atoms with van der Waals surface area (Å²) in [7, 11) is 0. The molecule has 0 bridgehead atoms. The summed E-state index contributed by atoms with van der Waals surface area (Å²) in [6.45, 7) is 0. The van der Waals surface area contributed by atoms with Gasteiger partial charge in [0.15, 0.2) is 0 Å². The second-order valence-corrected chi connectivity index (χ2v) is 6.19. The molecule has 0 saturated heterocycles. The standard InChI is InChI=1S/C15H19N3S/c16-18-15(8-14-9-17-10-19-14)13-6-5-11-3-1-2-4-12(11)7-13/h1-4,9-10,13,15,18H,5-8,16H2. The molecule has 1 aromatic heterocycles. The second-order valence-electron chi connectivity index (χ2n) is 5.22. The number of aryl methyl sites for hydroxylation is 1. The highest BCUT2D eigenvalue weighted by Crippen LogP contribution is 2.28. The molecule has 1 aromatic carbocycles. The van der Waals surface area contributed by atoms with Crippen molar-refractivity contribution in [3.05, 3.63) is 52.0 Å². The molecule has 1 aliphatic carbocycles. The van der Waals surface area contributed by atoms with Gasteiger partial charge in [0.25, 0.3) is 0 Å². The zero-order chi connectivity index (χ0) is 13.1. The Balaban J connectivity index is 1.72. The SMILES string of the molecule is NNC(Cc1cncs1)C1CCc2ccccc2C1. The lowest BCUT2D eigenvalue weighted by Gasteiger charge is -2.31. The van der Waals surface area contributed by atoms with E-state index in [-0.39, 0.29) is 0 Å². The lowest BCUT2D eigenvalue weighted by molar-refractivity contribution is 0.322. The van der Waals surface area contributed by atoms with Crippen molar-refractivity contribution in [2.24, 2.45) is 11.8 Å². The number of thiazole rings is 1. The van der Waals surface area contributed by atoms with Gasteiger partial charge >= 0.3 is 0 Å². The van der Waals surface area contributed by atoms with Crippen LogP contribution in [-0.2, 0) is 19.3 Å². The van der Waals surface area contributed by atoms with Gasteiger partial charge < -0.3 is 0 Å². The summed E-state index contributed by atoms with van der Waals surface area (Å²) in [6, 6.07) is 9.11. The fourth-order valence-electron chi connectivity index (χ4n) is 2.99. The maximum atomic E-state index is 5.77. The average molecular weight is 273 g/mol. The molecule has 3 N–H and O–H groups in total. The van der Waals surface area contributed by atoms with Crippen LogP contribution in [0.25, 0.3) is 0 Å². The topological polar surface area (TPSA) is 50.9 Å². The van der Waals surface area contributed by atoms with Gasteiger partial charge in [0.2, 0.25) is 0 Å². The summed E-state index contributed by atoms with van der Waals surface area (Å²) in [5.41, 5.74) is 7.90. The minimum atomic E-state index is 0.341. The van der Waals surface area contributed by atoms with Crippen molar-refractivity contribution in [3.63, 3.8) is 0 Å². The Bertz CT molecular complexity index is 524. The number of benzene rings is 1. The van der Waals surface area contributed by atoms with E-state index in [4.69, 9.17) is 5.84 Å². The molecule has 0 saturated carbocycles. The third-order valence-electron chi connectivity index (χ3n) is 4.07. The first-order chi connectivity index (χ1) is 9.36. The highest BCUT2D eigenvalue weighted by molar-refractivity contribution is 7.09. The van der Waals surface area contributed by atoms with Gasteiger partial charge in [-0.05, 0) is 36.3 Å². The quantitative estimate of drug-likeness (QED) is 0.664. The predicted octanol–water partition coefficient (Wildman–Crippen LogP) is 2.32. The summed E-state index contributed by atoms with van der Waals surface area (Å²) >= 11 is 1.71. The highest BCUT2D eigenvalue weighted by atomic mass is 32.1. The van der Waals surface area contributed by atoms with E-state index < -0.39 is 0 Å². The third-order valence-corrected chi connectivity index (χ3v) is 4.87. The Morgan fingerprint density at radius 3 is 2.95 bits per heavy atom. The largest absolute Gasteiger partial charge is 0.271 e. The molecular weight excluding hydrogens is 254 g/mol. The number of fused-ring (bicyclic) bond motifs is 1. The number of nitrogens with two attached hydrogens (primary N) is 1. The van der Waals surface area contributed by atoms with E-state index in [1.54, 1.807) is 11.3 Å². The maximum Gasteiger partial charge on any atom is 0.0794 e. The van der Waals surface area contributed by atoms with E-state index in [0.29, 0.717) is 12.0 Å². The molecule has 2 aromatic rings. The van der Waals surface area contributed by atoms with Crippen molar-refractivity contribution in [2.75, 3.05) is 0 Å². The molecule has 3 rings (SSSR count). The smallest absolute Gasteiger partial charge is 0.0794 e. The lowest BCUT2D eigenvalue weighted by Crippen LogP contribution is -2.44. The molecule has 4 heteroatoms. The zero-order valence-corrected chi connectivity index (χ0v) is 11.7.